The maximum Gasteiger partial charge on any atom is 0.404 e. The zero-order valence-electron chi connectivity index (χ0n) is 13.5. The summed E-state index contributed by atoms with van der Waals surface area (Å²) in [6.07, 6.45) is -1.18. The SMILES string of the molecule is CC1=C(N)C(=O)c2c(COC(N)=O)c3n(c2C1=O)C[C@H](N)[C@H]3S(=O)(=O)[O-]. The lowest BCUT2D eigenvalue weighted by molar-refractivity contribution is 0.0965. The van der Waals surface area contributed by atoms with E-state index in [2.05, 4.69) is 4.74 Å². The second-order valence-electron chi connectivity index (χ2n) is 6.08. The molecule has 11 nitrogen and oxygen atoms in total. The average molecular weight is 383 g/mol. The predicted molar refractivity (Wildman–Crippen MR) is 84.8 cm³/mol. The van der Waals surface area contributed by atoms with E-state index in [4.69, 9.17) is 17.2 Å². The second-order valence-corrected chi connectivity index (χ2v) is 7.57. The molecule has 0 spiro atoms. The van der Waals surface area contributed by atoms with Crippen LogP contribution in [0.5, 0.6) is 0 Å². The van der Waals surface area contributed by atoms with Gasteiger partial charge in [0, 0.05) is 29.4 Å². The largest absolute Gasteiger partial charge is 0.747 e. The van der Waals surface area contributed by atoms with Crippen molar-refractivity contribution in [3.63, 3.8) is 0 Å². The molecule has 26 heavy (non-hydrogen) atoms. The number of Topliss-reactive ketones (excluding diaryl/α,β-unsaturated/α-hetero) is 2. The Kier molecular flexibility index (Phi) is 3.94. The van der Waals surface area contributed by atoms with E-state index in [1.807, 2.05) is 0 Å². The van der Waals surface area contributed by atoms with Crippen molar-refractivity contribution in [1.29, 1.82) is 0 Å². The molecule has 1 aromatic rings. The molecule has 0 bridgehead atoms. The van der Waals surface area contributed by atoms with Gasteiger partial charge in [-0.1, -0.05) is 0 Å². The quantitative estimate of drug-likeness (QED) is 0.526. The Morgan fingerprint density at radius 3 is 2.50 bits per heavy atom. The Morgan fingerprint density at radius 1 is 1.35 bits per heavy atom. The first-order valence-electron chi connectivity index (χ1n) is 7.40. The Labute approximate surface area is 147 Å². The number of aromatic nitrogens is 1. The van der Waals surface area contributed by atoms with E-state index in [0.717, 1.165) is 0 Å². The van der Waals surface area contributed by atoms with Crippen LogP contribution in [0.25, 0.3) is 0 Å². The number of carbonyl (C=O) groups excluding carboxylic acids is 3. The highest BCUT2D eigenvalue weighted by Gasteiger charge is 2.46. The van der Waals surface area contributed by atoms with Crippen LogP contribution in [0.15, 0.2) is 11.3 Å². The molecule has 2 heterocycles. The summed E-state index contributed by atoms with van der Waals surface area (Å²) in [5.41, 5.74) is 15.5. The van der Waals surface area contributed by atoms with Crippen molar-refractivity contribution in [2.75, 3.05) is 0 Å². The van der Waals surface area contributed by atoms with Crippen LogP contribution in [-0.4, -0.2) is 41.2 Å². The van der Waals surface area contributed by atoms with Gasteiger partial charge < -0.3 is 31.1 Å². The third-order valence-corrected chi connectivity index (χ3v) is 5.76. The molecular formula is C14H15N4O7S-. The number of rotatable bonds is 3. The lowest BCUT2D eigenvalue weighted by Crippen LogP contribution is -2.33. The summed E-state index contributed by atoms with van der Waals surface area (Å²) in [6, 6.07) is -1.13. The number of nitrogens with two attached hydrogens (primary N) is 3. The number of amides is 1. The third kappa shape index (κ3) is 2.41. The molecule has 1 aliphatic heterocycles. The van der Waals surface area contributed by atoms with E-state index in [-0.39, 0.29) is 40.3 Å². The van der Waals surface area contributed by atoms with Gasteiger partial charge >= 0.3 is 6.09 Å². The van der Waals surface area contributed by atoms with Crippen molar-refractivity contribution in [3.8, 4) is 0 Å². The molecule has 1 amide bonds. The van der Waals surface area contributed by atoms with Crippen LogP contribution in [0.1, 0.15) is 44.3 Å². The maximum absolute atomic E-state index is 12.6. The molecule has 0 saturated carbocycles. The van der Waals surface area contributed by atoms with Crippen molar-refractivity contribution in [1.82, 2.24) is 4.57 Å². The number of allylic oxidation sites excluding steroid dienone is 2. The minimum absolute atomic E-state index is 0.00725. The van der Waals surface area contributed by atoms with E-state index < -0.39 is 45.7 Å². The lowest BCUT2D eigenvalue weighted by Gasteiger charge is -2.21. The normalized spacial score (nSPS) is 22.4. The predicted octanol–water partition coefficient (Wildman–Crippen LogP) is -1.38. The summed E-state index contributed by atoms with van der Waals surface area (Å²) in [4.78, 5) is 36.2. The fourth-order valence-electron chi connectivity index (χ4n) is 3.44. The summed E-state index contributed by atoms with van der Waals surface area (Å²) in [6.45, 7) is 0.575. The van der Waals surface area contributed by atoms with Crippen LogP contribution >= 0.6 is 0 Å². The smallest absolute Gasteiger partial charge is 0.404 e. The van der Waals surface area contributed by atoms with Crippen molar-refractivity contribution >= 4 is 27.8 Å². The number of ketones is 2. The highest BCUT2D eigenvalue weighted by atomic mass is 32.2. The van der Waals surface area contributed by atoms with E-state index >= 15 is 0 Å². The third-order valence-electron chi connectivity index (χ3n) is 4.56. The molecule has 2 atom stereocenters. The van der Waals surface area contributed by atoms with Gasteiger partial charge in [-0.15, -0.1) is 0 Å². The van der Waals surface area contributed by atoms with Gasteiger partial charge in [-0.25, -0.2) is 13.2 Å². The average Bonchev–Trinajstić information content (AvgIpc) is 3.00. The fourth-order valence-corrected chi connectivity index (χ4v) is 4.50. The summed E-state index contributed by atoms with van der Waals surface area (Å²) in [7, 11) is -4.92. The zero-order chi connectivity index (χ0) is 19.5. The molecule has 1 aromatic heterocycles. The number of fused-ring (bicyclic) bond motifs is 3. The Hall–Kier alpha value is -2.70. The lowest BCUT2D eigenvalue weighted by atomic mass is 9.90. The van der Waals surface area contributed by atoms with Crippen molar-refractivity contribution in [2.45, 2.75) is 31.4 Å². The maximum atomic E-state index is 12.6. The van der Waals surface area contributed by atoms with Gasteiger partial charge in [0.25, 0.3) is 0 Å². The highest BCUT2D eigenvalue weighted by molar-refractivity contribution is 7.86. The van der Waals surface area contributed by atoms with Crippen LogP contribution in [-0.2, 0) is 28.0 Å². The minimum Gasteiger partial charge on any atom is -0.747 e. The minimum atomic E-state index is -4.92. The molecule has 0 aromatic carbocycles. The standard InChI is InChI=1S/C14H16N4O7S/c1-4-8(16)12(20)7-5(3-25-14(17)21)9-13(26(22,23)24)6(15)2-18(9)10(7)11(4)19/h6,13H,2-3,15-16H2,1H3,(H2,17,21)(H,22,23,24)/p-1/t6-,13+/m0/s1. The summed E-state index contributed by atoms with van der Waals surface area (Å²) < 4.78 is 41.1. The molecule has 2 aliphatic rings. The number of nitrogens with zero attached hydrogens (tertiary/aromatic N) is 1. The van der Waals surface area contributed by atoms with Crippen LogP contribution in [0.2, 0.25) is 0 Å². The molecule has 0 fully saturated rings. The summed E-state index contributed by atoms with van der Waals surface area (Å²) in [5, 5.41) is -1.71. The van der Waals surface area contributed by atoms with Gasteiger partial charge in [0.1, 0.15) is 27.7 Å². The van der Waals surface area contributed by atoms with Gasteiger partial charge in [-0.3, -0.25) is 9.59 Å². The second kappa shape index (κ2) is 5.65. The Bertz CT molecular complexity index is 1000. The first kappa shape index (κ1) is 18.1. The van der Waals surface area contributed by atoms with Crippen LogP contribution in [0, 0.1) is 0 Å². The Morgan fingerprint density at radius 2 is 1.96 bits per heavy atom. The highest BCUT2D eigenvalue weighted by Crippen LogP contribution is 2.42. The van der Waals surface area contributed by atoms with Crippen LogP contribution in [0.3, 0.4) is 0 Å². The first-order valence-corrected chi connectivity index (χ1v) is 8.87. The van der Waals surface area contributed by atoms with E-state index in [1.54, 1.807) is 0 Å². The van der Waals surface area contributed by atoms with Gasteiger partial charge in [0.2, 0.25) is 11.6 Å². The van der Waals surface area contributed by atoms with Gasteiger partial charge in [-0.05, 0) is 6.92 Å². The molecule has 0 unspecified atom stereocenters. The molecule has 3 rings (SSSR count). The number of hydrogen-bond acceptors (Lipinski definition) is 9. The summed E-state index contributed by atoms with van der Waals surface area (Å²) >= 11 is 0. The molecule has 6 N–H and O–H groups in total. The number of carbonyl (C=O) groups is 3. The van der Waals surface area contributed by atoms with E-state index in [0.29, 0.717) is 0 Å². The molecule has 0 radical (unpaired) electrons. The van der Waals surface area contributed by atoms with E-state index in [9.17, 15) is 27.4 Å². The van der Waals surface area contributed by atoms with Crippen LogP contribution < -0.4 is 17.2 Å². The zero-order valence-corrected chi connectivity index (χ0v) is 14.3. The fraction of sp³-hybridized carbons (Fsp3) is 0.357. The molecule has 0 saturated heterocycles. The monoisotopic (exact) mass is 383 g/mol. The number of hydrogen-bond donors (Lipinski definition) is 3. The molecule has 1 aliphatic carbocycles. The molecular weight excluding hydrogens is 368 g/mol. The van der Waals surface area contributed by atoms with Crippen molar-refractivity contribution in [2.24, 2.45) is 17.2 Å². The van der Waals surface area contributed by atoms with Gasteiger partial charge in [-0.2, -0.15) is 0 Å². The van der Waals surface area contributed by atoms with Gasteiger partial charge in [0.15, 0.2) is 0 Å². The Balaban J connectivity index is 2.33. The first-order chi connectivity index (χ1) is 12.0. The number of ether oxygens (including phenoxy) is 1. The molecule has 140 valence electrons. The topological polar surface area (TPSA) is 201 Å². The van der Waals surface area contributed by atoms with Gasteiger partial charge in [0.05, 0.1) is 11.3 Å². The van der Waals surface area contributed by atoms with E-state index in [1.165, 1.54) is 11.5 Å². The van der Waals surface area contributed by atoms with Crippen molar-refractivity contribution < 1.29 is 32.1 Å². The van der Waals surface area contributed by atoms with Crippen LogP contribution in [0.4, 0.5) is 4.79 Å². The number of primary amides is 1. The molecule has 12 heteroatoms. The van der Waals surface area contributed by atoms with Crippen molar-refractivity contribution in [3.05, 3.63) is 33.8 Å². The summed E-state index contributed by atoms with van der Waals surface area (Å²) in [5.74, 6) is -1.32.